The maximum Gasteiger partial charge on any atom is 0.328 e. The number of carbonyl (C=O) groups is 4. The number of hydrogen-bond donors (Lipinski definition) is 5. The first-order valence-electron chi connectivity index (χ1n) is 26.0. The fourth-order valence-electron chi connectivity index (χ4n) is 8.83. The Hall–Kier alpha value is -7.15. The van der Waals surface area contributed by atoms with Crippen LogP contribution in [0.15, 0.2) is 100 Å². The van der Waals surface area contributed by atoms with E-state index >= 15 is 0 Å². The minimum absolute atomic E-state index is 0.0569. The number of sulfonamides is 1. The van der Waals surface area contributed by atoms with E-state index in [0.29, 0.717) is 29.1 Å². The molecule has 0 spiro atoms. The Morgan fingerprint density at radius 2 is 1.52 bits per heavy atom. The lowest BCUT2D eigenvalue weighted by Crippen LogP contribution is -2.58. The molecule has 0 unspecified atom stereocenters. The van der Waals surface area contributed by atoms with Crippen molar-refractivity contribution in [3.63, 3.8) is 0 Å². The van der Waals surface area contributed by atoms with Crippen molar-refractivity contribution in [2.24, 2.45) is 19.5 Å². The number of aliphatic hydroxyl groups excluding tert-OH is 1. The molecular formula is C56H70N8O13S2. The number of ether oxygens (including phenoxy) is 5. The molecule has 79 heavy (non-hydrogen) atoms. The first-order valence-corrected chi connectivity index (χ1v) is 28.3. The van der Waals surface area contributed by atoms with Crippen LogP contribution in [0, 0.1) is 12.3 Å². The van der Waals surface area contributed by atoms with Crippen LogP contribution in [0.2, 0.25) is 0 Å². The van der Waals surface area contributed by atoms with E-state index in [-0.39, 0.29) is 92.8 Å². The summed E-state index contributed by atoms with van der Waals surface area (Å²) in [5.74, 6) is -0.880. The van der Waals surface area contributed by atoms with Crippen LogP contribution in [0.1, 0.15) is 75.1 Å². The van der Waals surface area contributed by atoms with Gasteiger partial charge in [-0.1, -0.05) is 64.1 Å². The second-order valence-corrected chi connectivity index (χ2v) is 22.7. The van der Waals surface area contributed by atoms with Crippen molar-refractivity contribution in [3.05, 3.63) is 118 Å². The smallest absolute Gasteiger partial charge is 0.328 e. The van der Waals surface area contributed by atoms with E-state index < -0.39 is 57.3 Å². The number of nitrogens with one attached hydrogen (secondary N) is 4. The van der Waals surface area contributed by atoms with Gasteiger partial charge in [-0.15, -0.1) is 11.3 Å². The third kappa shape index (κ3) is 15.4. The van der Waals surface area contributed by atoms with Crippen molar-refractivity contribution in [3.8, 4) is 27.7 Å². The van der Waals surface area contributed by atoms with Gasteiger partial charge >= 0.3 is 5.69 Å². The number of hydrogen-bond acceptors (Lipinski definition) is 15. The summed E-state index contributed by atoms with van der Waals surface area (Å²) in [4.78, 5) is 73.3. The molecule has 4 atom stereocenters. The number of β-amino-alcohol motifs (C(OH)–C–C–N with tert-alkyl or cyclic N) is 1. The quantitative estimate of drug-likeness (QED) is 0.0400. The van der Waals surface area contributed by atoms with Crippen LogP contribution < -0.4 is 35.8 Å². The largest absolute Gasteiger partial charge is 0.493 e. The molecule has 424 valence electrons. The molecule has 7 rings (SSSR count). The second kappa shape index (κ2) is 26.7. The first kappa shape index (κ1) is 59.5. The highest BCUT2D eigenvalue weighted by Crippen LogP contribution is 2.37. The summed E-state index contributed by atoms with van der Waals surface area (Å²) < 4.78 is 61.8. The molecule has 2 aromatic heterocycles. The molecule has 5 N–H and O–H groups in total. The summed E-state index contributed by atoms with van der Waals surface area (Å²) in [5, 5.41) is 19.1. The number of rotatable bonds is 26. The van der Waals surface area contributed by atoms with Gasteiger partial charge in [-0.05, 0) is 73.2 Å². The predicted octanol–water partition coefficient (Wildman–Crippen LogP) is 5.84. The fourth-order valence-corrected chi connectivity index (χ4v) is 10.8. The minimum atomic E-state index is -4.30. The topological polar surface area (TPSA) is 260 Å². The van der Waals surface area contributed by atoms with Gasteiger partial charge in [0.2, 0.25) is 17.7 Å². The number of nitrogens with zero attached hydrogens (tertiary/aromatic N) is 4. The summed E-state index contributed by atoms with van der Waals surface area (Å²) >= 11 is 1.56. The zero-order valence-corrected chi connectivity index (χ0v) is 47.3. The van der Waals surface area contributed by atoms with Gasteiger partial charge in [-0.2, -0.15) is 0 Å². The van der Waals surface area contributed by atoms with Crippen molar-refractivity contribution in [2.45, 2.75) is 83.5 Å². The molecule has 0 bridgehead atoms. The highest BCUT2D eigenvalue weighted by Gasteiger charge is 2.45. The van der Waals surface area contributed by atoms with Gasteiger partial charge in [0.05, 0.1) is 89.5 Å². The van der Waals surface area contributed by atoms with E-state index in [2.05, 4.69) is 25.7 Å². The maximum atomic E-state index is 14.1. The molecule has 3 heterocycles. The number of likely N-dealkylation sites (tertiary alicyclic amines) is 1. The third-order valence-corrected chi connectivity index (χ3v) is 15.4. The summed E-state index contributed by atoms with van der Waals surface area (Å²) in [7, 11) is -1.12. The summed E-state index contributed by atoms with van der Waals surface area (Å²) in [6.45, 7) is 12.1. The van der Waals surface area contributed by atoms with Gasteiger partial charge in [0.1, 0.15) is 30.2 Å². The van der Waals surface area contributed by atoms with Crippen LogP contribution in [0.25, 0.3) is 21.5 Å². The van der Waals surface area contributed by atoms with Crippen LogP contribution in [0.5, 0.6) is 17.2 Å². The summed E-state index contributed by atoms with van der Waals surface area (Å²) in [6, 6.07) is 21.1. The van der Waals surface area contributed by atoms with Crippen LogP contribution in [0.3, 0.4) is 0 Å². The number of thiazole rings is 1. The number of carbonyl (C=O) groups excluding carboxylic acids is 4. The Labute approximate surface area is 463 Å². The number of benzene rings is 4. The van der Waals surface area contributed by atoms with Gasteiger partial charge in [0.25, 0.3) is 15.9 Å². The van der Waals surface area contributed by atoms with Crippen molar-refractivity contribution in [1.82, 2.24) is 35.0 Å². The average molecular weight is 1130 g/mol. The molecule has 0 radical (unpaired) electrons. The Morgan fingerprint density at radius 1 is 0.848 bits per heavy atom. The van der Waals surface area contributed by atoms with Crippen LogP contribution in [-0.4, -0.2) is 134 Å². The monoisotopic (exact) mass is 1130 g/mol. The zero-order valence-electron chi connectivity index (χ0n) is 45.7. The van der Waals surface area contributed by atoms with E-state index in [9.17, 15) is 37.5 Å². The Bertz CT molecular complexity index is 3280. The molecule has 1 aliphatic heterocycles. The summed E-state index contributed by atoms with van der Waals surface area (Å²) in [5.41, 5.74) is 4.70. The molecule has 0 saturated carbocycles. The molecule has 4 amide bonds. The van der Waals surface area contributed by atoms with E-state index in [4.69, 9.17) is 23.7 Å². The molecule has 1 saturated heterocycles. The van der Waals surface area contributed by atoms with E-state index in [0.717, 1.165) is 28.1 Å². The number of aromatic nitrogens is 3. The number of amides is 4. The minimum Gasteiger partial charge on any atom is -0.493 e. The lowest BCUT2D eigenvalue weighted by atomic mass is 9.85. The average Bonchev–Trinajstić information content (AvgIpc) is 4.13. The number of fused-ring (bicyclic) bond motifs is 1. The standard InChI is InChI=1S/C56H70N8O13S2/c1-9-21-76-41-13-11-14-42(29-41)77-48-31-46-45(62(7)55(70)63(46)8)30-44(48)61-79(71,72)43-15-10-12-39(27-43)52(67)57-20-22-73-23-24-74-25-26-75-33-49(66)60-51(56(4,5)6)54(69)64-32-40(65)28-47(64)53(68)59-35(2)37-16-18-38(19-17-37)50-36(3)58-34-78-50/h10-19,27,29-31,34-35,40,47,51,61,65H,9,20-26,28,32-33H2,1-8H3,(H,57,67)(H,59,68)(H,60,66)/t35-,40+,47-,51+/m0/s1. The van der Waals surface area contributed by atoms with Crippen molar-refractivity contribution >= 4 is 61.7 Å². The highest BCUT2D eigenvalue weighted by molar-refractivity contribution is 7.92. The van der Waals surface area contributed by atoms with E-state index in [1.807, 2.05) is 45.0 Å². The van der Waals surface area contributed by atoms with Crippen molar-refractivity contribution in [1.29, 1.82) is 0 Å². The normalized spacial score (nSPS) is 15.4. The SMILES string of the molecule is CCCOc1cccc(Oc2cc3c(cc2NS(=O)(=O)c2cccc(C(=O)NCCOCCOCCOCC(=O)N[C@H](C(=O)N4C[C@H](O)C[C@H]4C(=O)N[C@@H](C)c4ccc(-c5scnc5C)cc4)C(C)(C)C)c2)n(C)c(=O)n3C)c1. The molecule has 23 heteroatoms. The van der Waals surface area contributed by atoms with Gasteiger partial charge in [-0.25, -0.2) is 18.2 Å². The number of aliphatic hydroxyl groups is 1. The molecule has 0 aliphatic carbocycles. The third-order valence-electron chi connectivity index (χ3n) is 13.1. The predicted molar refractivity (Wildman–Crippen MR) is 299 cm³/mol. The van der Waals surface area contributed by atoms with Gasteiger partial charge < -0.3 is 49.6 Å². The van der Waals surface area contributed by atoms with Crippen molar-refractivity contribution in [2.75, 3.05) is 64.1 Å². The molecule has 21 nitrogen and oxygen atoms in total. The zero-order chi connectivity index (χ0) is 57.0. The Morgan fingerprint density at radius 3 is 2.20 bits per heavy atom. The maximum absolute atomic E-state index is 14.1. The Kier molecular flexibility index (Phi) is 20.1. The molecule has 1 fully saturated rings. The Balaban J connectivity index is 0.814. The number of anilines is 1. The van der Waals surface area contributed by atoms with Crippen LogP contribution in [-0.2, 0) is 52.7 Å². The van der Waals surface area contributed by atoms with Crippen LogP contribution >= 0.6 is 11.3 Å². The fraction of sp³-hybridized carbons (Fsp3) is 0.429. The highest BCUT2D eigenvalue weighted by atomic mass is 32.2. The van der Waals surface area contributed by atoms with E-state index in [1.54, 1.807) is 82.0 Å². The molecule has 1 aliphatic rings. The van der Waals surface area contributed by atoms with Gasteiger partial charge in [0.15, 0.2) is 5.75 Å². The number of imidazole rings is 1. The van der Waals surface area contributed by atoms with Crippen molar-refractivity contribution < 1.29 is 56.4 Å². The first-order chi connectivity index (χ1) is 37.6. The lowest BCUT2D eigenvalue weighted by Gasteiger charge is -2.35. The number of aryl methyl sites for hydroxylation is 3. The van der Waals surface area contributed by atoms with Gasteiger partial charge in [-0.3, -0.25) is 33.0 Å². The lowest BCUT2D eigenvalue weighted by molar-refractivity contribution is -0.144. The summed E-state index contributed by atoms with van der Waals surface area (Å²) in [6.07, 6.45) is -0.0558. The van der Waals surface area contributed by atoms with Crippen LogP contribution in [0.4, 0.5) is 5.69 Å². The second-order valence-electron chi connectivity index (χ2n) is 20.2. The molecule has 6 aromatic rings. The van der Waals surface area contributed by atoms with E-state index in [1.165, 1.54) is 44.4 Å². The molecule has 4 aromatic carbocycles. The van der Waals surface area contributed by atoms with Gasteiger partial charge in [0, 0.05) is 51.3 Å². The molecular weight excluding hydrogens is 1060 g/mol.